The average Bonchev–Trinajstić information content (AvgIpc) is 2.63. The third-order valence-corrected chi connectivity index (χ3v) is 3.68. The highest BCUT2D eigenvalue weighted by Gasteiger charge is 2.08. The lowest BCUT2D eigenvalue weighted by molar-refractivity contribution is -0.385. The maximum Gasteiger partial charge on any atom is 0.285 e. The summed E-state index contributed by atoms with van der Waals surface area (Å²) >= 11 is 0. The second-order valence-corrected chi connectivity index (χ2v) is 5.53. The molecule has 0 N–H and O–H groups in total. The molecule has 0 spiro atoms. The summed E-state index contributed by atoms with van der Waals surface area (Å²) in [4.78, 5) is 22.2. The van der Waals surface area contributed by atoms with Gasteiger partial charge in [0, 0.05) is 12.1 Å². The van der Waals surface area contributed by atoms with Gasteiger partial charge in [0.1, 0.15) is 12.4 Å². The fraction of sp³-hybridized carbons (Fsp3) is 0.105. The fourth-order valence-electron chi connectivity index (χ4n) is 2.42. The SMILES string of the molecule is O=c1ccc([N+](=O)[O-])cn1Cc1cccc(OCc2ccccc2)c1. The van der Waals surface area contributed by atoms with Gasteiger partial charge in [-0.3, -0.25) is 14.9 Å². The van der Waals surface area contributed by atoms with Gasteiger partial charge in [-0.2, -0.15) is 0 Å². The molecule has 0 radical (unpaired) electrons. The highest BCUT2D eigenvalue weighted by atomic mass is 16.6. The topological polar surface area (TPSA) is 74.4 Å². The molecule has 0 aliphatic carbocycles. The molecule has 0 bridgehead atoms. The Kier molecular flexibility index (Phi) is 4.89. The van der Waals surface area contributed by atoms with Gasteiger partial charge in [0.25, 0.3) is 11.2 Å². The van der Waals surface area contributed by atoms with Crippen LogP contribution in [0.15, 0.2) is 77.7 Å². The molecule has 1 heterocycles. The first-order valence-electron chi connectivity index (χ1n) is 7.72. The Bertz CT molecular complexity index is 935. The van der Waals surface area contributed by atoms with E-state index >= 15 is 0 Å². The van der Waals surface area contributed by atoms with Crippen molar-refractivity contribution in [3.8, 4) is 5.75 Å². The zero-order valence-corrected chi connectivity index (χ0v) is 13.4. The summed E-state index contributed by atoms with van der Waals surface area (Å²) in [6.07, 6.45) is 1.25. The number of hydrogen-bond donors (Lipinski definition) is 0. The predicted molar refractivity (Wildman–Crippen MR) is 93.7 cm³/mol. The Morgan fingerprint density at radius 1 is 0.960 bits per heavy atom. The largest absolute Gasteiger partial charge is 0.489 e. The maximum atomic E-state index is 11.9. The van der Waals surface area contributed by atoms with Crippen LogP contribution < -0.4 is 10.3 Å². The van der Waals surface area contributed by atoms with Crippen molar-refractivity contribution in [3.63, 3.8) is 0 Å². The zero-order chi connectivity index (χ0) is 17.6. The van der Waals surface area contributed by atoms with E-state index in [4.69, 9.17) is 4.74 Å². The van der Waals surface area contributed by atoms with Gasteiger partial charge in [0.05, 0.1) is 17.7 Å². The fourth-order valence-corrected chi connectivity index (χ4v) is 2.42. The number of aromatic nitrogens is 1. The van der Waals surface area contributed by atoms with Crippen LogP contribution in [0.4, 0.5) is 5.69 Å². The minimum Gasteiger partial charge on any atom is -0.489 e. The molecule has 25 heavy (non-hydrogen) atoms. The third-order valence-electron chi connectivity index (χ3n) is 3.68. The number of pyridine rings is 1. The van der Waals surface area contributed by atoms with E-state index in [9.17, 15) is 14.9 Å². The van der Waals surface area contributed by atoms with E-state index in [0.717, 1.165) is 11.1 Å². The van der Waals surface area contributed by atoms with Crippen LogP contribution in [0.25, 0.3) is 0 Å². The van der Waals surface area contributed by atoms with Crippen LogP contribution in [0.1, 0.15) is 11.1 Å². The molecule has 2 aromatic carbocycles. The monoisotopic (exact) mass is 336 g/mol. The minimum atomic E-state index is -0.519. The minimum absolute atomic E-state index is 0.115. The van der Waals surface area contributed by atoms with Crippen molar-refractivity contribution < 1.29 is 9.66 Å². The molecule has 0 aliphatic rings. The molecule has 0 aliphatic heterocycles. The quantitative estimate of drug-likeness (QED) is 0.511. The third kappa shape index (κ3) is 4.32. The highest BCUT2D eigenvalue weighted by molar-refractivity contribution is 5.30. The smallest absolute Gasteiger partial charge is 0.285 e. The molecular formula is C19H16N2O4. The van der Waals surface area contributed by atoms with Crippen molar-refractivity contribution in [3.05, 3.63) is 105 Å². The summed E-state index contributed by atoms with van der Waals surface area (Å²) in [5, 5.41) is 10.9. The second-order valence-electron chi connectivity index (χ2n) is 5.53. The van der Waals surface area contributed by atoms with Gasteiger partial charge < -0.3 is 9.30 Å². The molecule has 3 rings (SSSR count). The first-order valence-corrected chi connectivity index (χ1v) is 7.72. The van der Waals surface area contributed by atoms with E-state index in [2.05, 4.69) is 0 Å². The van der Waals surface area contributed by atoms with E-state index in [0.29, 0.717) is 12.4 Å². The number of nitro groups is 1. The summed E-state index contributed by atoms with van der Waals surface area (Å²) < 4.78 is 7.08. The Labute approximate surface area is 144 Å². The van der Waals surface area contributed by atoms with Crippen molar-refractivity contribution >= 4 is 5.69 Å². The number of hydrogen-bond acceptors (Lipinski definition) is 4. The molecule has 0 fully saturated rings. The molecule has 6 nitrogen and oxygen atoms in total. The van der Waals surface area contributed by atoms with Crippen molar-refractivity contribution in [2.45, 2.75) is 13.2 Å². The van der Waals surface area contributed by atoms with Crippen LogP contribution in [-0.4, -0.2) is 9.49 Å². The summed E-state index contributed by atoms with van der Waals surface area (Å²) in [7, 11) is 0. The van der Waals surface area contributed by atoms with Crippen LogP contribution in [0.5, 0.6) is 5.75 Å². The number of rotatable bonds is 6. The van der Waals surface area contributed by atoms with Gasteiger partial charge in [-0.15, -0.1) is 0 Å². The van der Waals surface area contributed by atoms with Gasteiger partial charge in [-0.25, -0.2) is 0 Å². The van der Waals surface area contributed by atoms with Crippen LogP contribution >= 0.6 is 0 Å². The summed E-state index contributed by atoms with van der Waals surface area (Å²) in [6, 6.07) is 19.6. The molecule has 0 saturated carbocycles. The molecule has 0 atom stereocenters. The number of nitrogens with zero attached hydrogens (tertiary/aromatic N) is 2. The lowest BCUT2D eigenvalue weighted by Gasteiger charge is -2.09. The molecule has 1 aromatic heterocycles. The van der Waals surface area contributed by atoms with Gasteiger partial charge in [-0.05, 0) is 23.3 Å². The second kappa shape index (κ2) is 7.44. The first kappa shape index (κ1) is 16.4. The normalized spacial score (nSPS) is 10.4. The highest BCUT2D eigenvalue weighted by Crippen LogP contribution is 2.16. The van der Waals surface area contributed by atoms with E-state index in [1.165, 1.54) is 22.9 Å². The van der Waals surface area contributed by atoms with E-state index < -0.39 is 4.92 Å². The molecular weight excluding hydrogens is 320 g/mol. The molecule has 3 aromatic rings. The molecule has 0 amide bonds. The lowest BCUT2D eigenvalue weighted by Crippen LogP contribution is -2.19. The Morgan fingerprint density at radius 3 is 2.48 bits per heavy atom. The van der Waals surface area contributed by atoms with Crippen molar-refractivity contribution in [2.24, 2.45) is 0 Å². The van der Waals surface area contributed by atoms with Crippen LogP contribution in [0, 0.1) is 10.1 Å². The number of ether oxygens (including phenoxy) is 1. The van der Waals surface area contributed by atoms with E-state index in [1.54, 1.807) is 0 Å². The predicted octanol–water partition coefficient (Wildman–Crippen LogP) is 3.38. The standard InChI is InChI=1S/C19H16N2O4/c22-19-10-9-17(21(23)24)13-20(19)12-16-7-4-8-18(11-16)25-14-15-5-2-1-3-6-15/h1-11,13H,12,14H2. The van der Waals surface area contributed by atoms with Crippen molar-refractivity contribution in [1.82, 2.24) is 4.57 Å². The average molecular weight is 336 g/mol. The van der Waals surface area contributed by atoms with E-state index in [-0.39, 0.29) is 17.8 Å². The van der Waals surface area contributed by atoms with Crippen LogP contribution in [0.3, 0.4) is 0 Å². The summed E-state index contributed by atoms with van der Waals surface area (Å²) in [6.45, 7) is 0.685. The first-order chi connectivity index (χ1) is 12.1. The number of benzene rings is 2. The van der Waals surface area contributed by atoms with Crippen LogP contribution in [-0.2, 0) is 13.2 Å². The maximum absolute atomic E-state index is 11.9. The van der Waals surface area contributed by atoms with Crippen molar-refractivity contribution in [2.75, 3.05) is 0 Å². The molecule has 6 heteroatoms. The molecule has 0 saturated heterocycles. The van der Waals surface area contributed by atoms with Gasteiger partial charge >= 0.3 is 0 Å². The van der Waals surface area contributed by atoms with Crippen molar-refractivity contribution in [1.29, 1.82) is 0 Å². The van der Waals surface area contributed by atoms with Gasteiger partial charge in [0.15, 0.2) is 0 Å². The summed E-state index contributed by atoms with van der Waals surface area (Å²) in [5.41, 5.74) is 1.48. The van der Waals surface area contributed by atoms with Crippen LogP contribution in [0.2, 0.25) is 0 Å². The van der Waals surface area contributed by atoms with Gasteiger partial charge in [-0.1, -0.05) is 42.5 Å². The van der Waals surface area contributed by atoms with Gasteiger partial charge in [0.2, 0.25) is 0 Å². The molecule has 0 unspecified atom stereocenters. The Balaban J connectivity index is 1.75. The Hall–Kier alpha value is -3.41. The molecule has 126 valence electrons. The Morgan fingerprint density at radius 2 is 1.72 bits per heavy atom. The van der Waals surface area contributed by atoms with E-state index in [1.807, 2.05) is 54.6 Å². The zero-order valence-electron chi connectivity index (χ0n) is 13.4. The lowest BCUT2D eigenvalue weighted by atomic mass is 10.2. The summed E-state index contributed by atoms with van der Waals surface area (Å²) in [5.74, 6) is 0.680.